The van der Waals surface area contributed by atoms with Crippen LogP contribution in [0.25, 0.3) is 5.82 Å². The molecule has 0 radical (unpaired) electrons. The normalized spacial score (nSPS) is 10.2. The smallest absolute Gasteiger partial charge is 0.334 e. The highest BCUT2D eigenvalue weighted by atomic mass is 16.3. The Morgan fingerprint density at radius 1 is 1.46 bits per heavy atom. The predicted molar refractivity (Wildman–Crippen MR) is 45.8 cm³/mol. The van der Waals surface area contributed by atoms with Crippen LogP contribution in [0, 0.1) is 0 Å². The van der Waals surface area contributed by atoms with Gasteiger partial charge in [0.15, 0.2) is 0 Å². The molecule has 0 aromatic carbocycles. The Bertz CT molecular complexity index is 458. The predicted octanol–water partition coefficient (Wildman–Crippen LogP) is 0.266. The standard InChI is InChI=1S/C8H7N3O2/c12-7-5-11(8(13)10-7)6-3-1-2-4-9-6/h1-5,12H,(H,10,13). The summed E-state index contributed by atoms with van der Waals surface area (Å²) in [4.78, 5) is 17.3. The number of pyridine rings is 1. The molecule has 2 aromatic heterocycles. The molecule has 0 saturated carbocycles. The molecule has 0 atom stereocenters. The van der Waals surface area contributed by atoms with Gasteiger partial charge in [0.2, 0.25) is 5.88 Å². The summed E-state index contributed by atoms with van der Waals surface area (Å²) in [6.07, 6.45) is 2.86. The van der Waals surface area contributed by atoms with Crippen LogP contribution in [0.1, 0.15) is 0 Å². The molecule has 0 spiro atoms. The van der Waals surface area contributed by atoms with Crippen LogP contribution in [-0.4, -0.2) is 19.6 Å². The van der Waals surface area contributed by atoms with Crippen LogP contribution in [0.2, 0.25) is 0 Å². The highest BCUT2D eigenvalue weighted by Gasteiger charge is 2.02. The van der Waals surface area contributed by atoms with Crippen molar-refractivity contribution in [1.82, 2.24) is 14.5 Å². The maximum atomic E-state index is 11.1. The lowest BCUT2D eigenvalue weighted by atomic mass is 10.5. The molecular formula is C8H7N3O2. The first-order valence-corrected chi connectivity index (χ1v) is 3.69. The maximum Gasteiger partial charge on any atom is 0.334 e. The second-order valence-corrected chi connectivity index (χ2v) is 2.50. The van der Waals surface area contributed by atoms with E-state index < -0.39 is 5.69 Å². The number of hydrogen-bond donors (Lipinski definition) is 2. The average Bonchev–Trinajstić information content (AvgIpc) is 2.47. The van der Waals surface area contributed by atoms with E-state index in [1.807, 2.05) is 0 Å². The van der Waals surface area contributed by atoms with Crippen LogP contribution in [0.5, 0.6) is 5.88 Å². The lowest BCUT2D eigenvalue weighted by Crippen LogP contribution is -2.14. The summed E-state index contributed by atoms with van der Waals surface area (Å²) >= 11 is 0. The van der Waals surface area contributed by atoms with Crippen molar-refractivity contribution in [2.75, 3.05) is 0 Å². The second kappa shape index (κ2) is 2.78. The van der Waals surface area contributed by atoms with E-state index >= 15 is 0 Å². The van der Waals surface area contributed by atoms with Crippen LogP contribution >= 0.6 is 0 Å². The monoisotopic (exact) mass is 177 g/mol. The van der Waals surface area contributed by atoms with Gasteiger partial charge in [-0.05, 0) is 12.1 Å². The molecule has 0 amide bonds. The minimum Gasteiger partial charge on any atom is -0.493 e. The third-order valence-electron chi connectivity index (χ3n) is 1.60. The number of rotatable bonds is 1. The number of aromatic hydroxyl groups is 1. The van der Waals surface area contributed by atoms with Gasteiger partial charge in [0.05, 0.1) is 6.20 Å². The van der Waals surface area contributed by atoms with Crippen LogP contribution in [0.4, 0.5) is 0 Å². The van der Waals surface area contributed by atoms with Gasteiger partial charge in [-0.2, -0.15) is 0 Å². The van der Waals surface area contributed by atoms with Crippen molar-refractivity contribution < 1.29 is 5.11 Å². The first-order valence-electron chi connectivity index (χ1n) is 3.69. The molecule has 5 nitrogen and oxygen atoms in total. The summed E-state index contributed by atoms with van der Waals surface area (Å²) in [7, 11) is 0. The van der Waals surface area contributed by atoms with E-state index in [1.165, 1.54) is 10.8 Å². The summed E-state index contributed by atoms with van der Waals surface area (Å²) in [6.45, 7) is 0. The molecule has 0 saturated heterocycles. The zero-order chi connectivity index (χ0) is 9.26. The first-order chi connectivity index (χ1) is 6.27. The van der Waals surface area contributed by atoms with E-state index in [4.69, 9.17) is 5.11 Å². The summed E-state index contributed by atoms with van der Waals surface area (Å²) in [5, 5.41) is 8.99. The van der Waals surface area contributed by atoms with Crippen LogP contribution in [0.15, 0.2) is 35.4 Å². The van der Waals surface area contributed by atoms with Gasteiger partial charge in [-0.25, -0.2) is 14.3 Å². The Hall–Kier alpha value is -2.04. The van der Waals surface area contributed by atoms with E-state index in [-0.39, 0.29) is 5.88 Å². The lowest BCUT2D eigenvalue weighted by molar-refractivity contribution is 0.455. The number of hydrogen-bond acceptors (Lipinski definition) is 3. The maximum absolute atomic E-state index is 11.1. The van der Waals surface area contributed by atoms with Crippen molar-refractivity contribution in [2.24, 2.45) is 0 Å². The van der Waals surface area contributed by atoms with Gasteiger partial charge < -0.3 is 5.11 Å². The SMILES string of the molecule is O=c1[nH]c(O)cn1-c1ccccn1. The molecule has 5 heteroatoms. The van der Waals surface area contributed by atoms with Gasteiger partial charge in [-0.15, -0.1) is 0 Å². The summed E-state index contributed by atoms with van der Waals surface area (Å²) in [6, 6.07) is 5.19. The Balaban J connectivity index is 2.59. The average molecular weight is 177 g/mol. The Labute approximate surface area is 73.3 Å². The molecule has 2 N–H and O–H groups in total. The van der Waals surface area contributed by atoms with E-state index in [2.05, 4.69) is 9.97 Å². The number of nitrogens with one attached hydrogen (secondary N) is 1. The highest BCUT2D eigenvalue weighted by Crippen LogP contribution is 2.04. The Morgan fingerprint density at radius 2 is 2.31 bits per heavy atom. The highest BCUT2D eigenvalue weighted by molar-refractivity contribution is 5.23. The Kier molecular flexibility index (Phi) is 1.63. The van der Waals surface area contributed by atoms with Crippen molar-refractivity contribution in [3.63, 3.8) is 0 Å². The van der Waals surface area contributed by atoms with E-state index in [1.54, 1.807) is 24.4 Å². The lowest BCUT2D eigenvalue weighted by Gasteiger charge is -1.96. The topological polar surface area (TPSA) is 70.9 Å². The van der Waals surface area contributed by atoms with Crippen molar-refractivity contribution >= 4 is 0 Å². The third kappa shape index (κ3) is 1.31. The van der Waals surface area contributed by atoms with E-state index in [0.717, 1.165) is 0 Å². The zero-order valence-corrected chi connectivity index (χ0v) is 6.64. The summed E-state index contributed by atoms with van der Waals surface area (Å²) < 4.78 is 1.23. The fourth-order valence-electron chi connectivity index (χ4n) is 1.05. The minimum atomic E-state index is -0.406. The first kappa shape index (κ1) is 7.60. The van der Waals surface area contributed by atoms with Gasteiger partial charge in [-0.1, -0.05) is 6.07 Å². The molecule has 0 fully saturated rings. The molecule has 66 valence electrons. The third-order valence-corrected chi connectivity index (χ3v) is 1.60. The van der Waals surface area contributed by atoms with E-state index in [0.29, 0.717) is 5.82 Å². The van der Waals surface area contributed by atoms with Crippen LogP contribution in [0.3, 0.4) is 0 Å². The van der Waals surface area contributed by atoms with Gasteiger partial charge in [0.1, 0.15) is 5.82 Å². The number of nitrogens with zero attached hydrogens (tertiary/aromatic N) is 2. The van der Waals surface area contributed by atoms with Gasteiger partial charge in [0.25, 0.3) is 0 Å². The quantitative estimate of drug-likeness (QED) is 0.656. The van der Waals surface area contributed by atoms with Crippen molar-refractivity contribution in [2.45, 2.75) is 0 Å². The number of aromatic amines is 1. The second-order valence-electron chi connectivity index (χ2n) is 2.50. The molecule has 0 aliphatic rings. The molecule has 0 aliphatic carbocycles. The van der Waals surface area contributed by atoms with Crippen molar-refractivity contribution in [3.8, 4) is 11.7 Å². The molecule has 2 aromatic rings. The molecular weight excluding hydrogens is 170 g/mol. The molecule has 0 bridgehead atoms. The van der Waals surface area contributed by atoms with Crippen molar-refractivity contribution in [1.29, 1.82) is 0 Å². The van der Waals surface area contributed by atoms with Crippen molar-refractivity contribution in [3.05, 3.63) is 41.1 Å². The molecule has 2 rings (SSSR count). The number of imidazole rings is 1. The van der Waals surface area contributed by atoms with E-state index in [9.17, 15) is 4.79 Å². The molecule has 0 aliphatic heterocycles. The number of aromatic nitrogens is 3. The molecule has 2 heterocycles. The van der Waals surface area contributed by atoms with Gasteiger partial charge in [0, 0.05) is 6.20 Å². The largest absolute Gasteiger partial charge is 0.493 e. The molecule has 0 unspecified atom stereocenters. The zero-order valence-electron chi connectivity index (χ0n) is 6.64. The molecule has 13 heavy (non-hydrogen) atoms. The number of H-pyrrole nitrogens is 1. The van der Waals surface area contributed by atoms with Crippen LogP contribution < -0.4 is 5.69 Å². The Morgan fingerprint density at radius 3 is 2.85 bits per heavy atom. The van der Waals surface area contributed by atoms with Gasteiger partial charge in [-0.3, -0.25) is 4.98 Å². The summed E-state index contributed by atoms with van der Waals surface area (Å²) in [5.41, 5.74) is -0.406. The van der Waals surface area contributed by atoms with Gasteiger partial charge >= 0.3 is 5.69 Å². The minimum absolute atomic E-state index is 0.171. The fourth-order valence-corrected chi connectivity index (χ4v) is 1.05. The summed E-state index contributed by atoms with van der Waals surface area (Å²) in [5.74, 6) is 0.305. The fraction of sp³-hybridized carbons (Fsp3) is 0. The van der Waals surface area contributed by atoms with Crippen LogP contribution in [-0.2, 0) is 0 Å².